The molecule has 2 aromatic carbocycles. The van der Waals surface area contributed by atoms with Crippen LogP contribution < -0.4 is 14.8 Å². The number of anilines is 1. The number of aryl methyl sites for hydroxylation is 1. The van der Waals surface area contributed by atoms with Crippen molar-refractivity contribution in [2.75, 3.05) is 18.9 Å². The fraction of sp³-hybridized carbons (Fsp3) is 0.208. The summed E-state index contributed by atoms with van der Waals surface area (Å²) in [5.41, 5.74) is 1.09. The van der Waals surface area contributed by atoms with Crippen molar-refractivity contribution in [1.29, 1.82) is 0 Å². The Morgan fingerprint density at radius 1 is 1.17 bits per heavy atom. The van der Waals surface area contributed by atoms with Gasteiger partial charge in [-0.05, 0) is 36.4 Å². The zero-order chi connectivity index (χ0) is 24.4. The van der Waals surface area contributed by atoms with E-state index >= 15 is 0 Å². The van der Waals surface area contributed by atoms with Crippen molar-refractivity contribution in [3.8, 4) is 28.6 Å². The number of nitrogens with zero attached hydrogens (tertiary/aromatic N) is 4. The molecule has 1 saturated heterocycles. The minimum Gasteiger partial charge on any atom is -0.480 e. The zero-order valence-electron chi connectivity index (χ0n) is 18.9. The summed E-state index contributed by atoms with van der Waals surface area (Å²) in [6.45, 7) is 2.34. The highest BCUT2D eigenvalue weighted by Crippen LogP contribution is 2.31. The molecule has 0 bridgehead atoms. The molecule has 5 rings (SSSR count). The maximum atomic E-state index is 12.9. The Kier molecular flexibility index (Phi) is 6.15. The molecule has 35 heavy (non-hydrogen) atoms. The van der Waals surface area contributed by atoms with Crippen LogP contribution in [0.3, 0.4) is 0 Å². The quantitative estimate of drug-likeness (QED) is 0.409. The third-order valence-corrected chi connectivity index (χ3v) is 6.02. The lowest BCUT2D eigenvalue weighted by Gasteiger charge is -2.15. The Morgan fingerprint density at radius 2 is 1.97 bits per heavy atom. The van der Waals surface area contributed by atoms with E-state index in [1.807, 2.05) is 12.1 Å². The van der Waals surface area contributed by atoms with Crippen LogP contribution in [0.2, 0.25) is 0 Å². The molecule has 1 aliphatic heterocycles. The van der Waals surface area contributed by atoms with Gasteiger partial charge in [0.05, 0.1) is 0 Å². The summed E-state index contributed by atoms with van der Waals surface area (Å²) in [6.07, 6.45) is 1.57. The number of hydrogen-bond acceptors (Lipinski definition) is 9. The number of carbonyl (C=O) groups is 2. The molecule has 3 heterocycles. The summed E-state index contributed by atoms with van der Waals surface area (Å²) in [4.78, 5) is 35.1. The van der Waals surface area contributed by atoms with Gasteiger partial charge >= 0.3 is 0 Å². The van der Waals surface area contributed by atoms with Gasteiger partial charge in [0.1, 0.15) is 17.2 Å². The van der Waals surface area contributed by atoms with Crippen LogP contribution in [0.1, 0.15) is 22.7 Å². The smallest absolute Gasteiger partial charge is 0.263 e. The van der Waals surface area contributed by atoms with Crippen LogP contribution in [0.15, 0.2) is 58.6 Å². The SMILES string of the molecule is Cc1nc(-c2ccc(Oc3cc(OC4CCN(C)C4=O)cc(C(=O)Nc4nccs4)c3)cc2)no1. The summed E-state index contributed by atoms with van der Waals surface area (Å²) in [5.74, 6) is 1.77. The second-order valence-electron chi connectivity index (χ2n) is 7.90. The van der Waals surface area contributed by atoms with Gasteiger partial charge in [-0.25, -0.2) is 4.98 Å². The number of amides is 2. The minimum atomic E-state index is -0.608. The first-order valence-electron chi connectivity index (χ1n) is 10.8. The fourth-order valence-corrected chi connectivity index (χ4v) is 4.10. The third kappa shape index (κ3) is 5.14. The van der Waals surface area contributed by atoms with E-state index < -0.39 is 6.10 Å². The molecule has 2 aromatic heterocycles. The molecule has 1 unspecified atom stereocenters. The molecule has 0 aliphatic carbocycles. The average Bonchev–Trinajstić information content (AvgIpc) is 3.59. The lowest BCUT2D eigenvalue weighted by atomic mass is 10.1. The molecule has 0 radical (unpaired) electrons. The monoisotopic (exact) mass is 491 g/mol. The molecule has 178 valence electrons. The van der Waals surface area contributed by atoms with Gasteiger partial charge in [-0.3, -0.25) is 14.9 Å². The van der Waals surface area contributed by atoms with Crippen molar-refractivity contribution in [3.63, 3.8) is 0 Å². The van der Waals surface area contributed by atoms with E-state index in [0.29, 0.717) is 52.6 Å². The summed E-state index contributed by atoms with van der Waals surface area (Å²) in [5, 5.41) is 8.91. The number of rotatable bonds is 7. The van der Waals surface area contributed by atoms with Gasteiger partial charge in [0.25, 0.3) is 11.8 Å². The van der Waals surface area contributed by atoms with Crippen molar-refractivity contribution >= 4 is 28.3 Å². The predicted octanol–water partition coefficient (Wildman–Crippen LogP) is 4.16. The number of thiazole rings is 1. The third-order valence-electron chi connectivity index (χ3n) is 5.33. The van der Waals surface area contributed by atoms with E-state index in [4.69, 9.17) is 14.0 Å². The molecule has 0 spiro atoms. The predicted molar refractivity (Wildman–Crippen MR) is 128 cm³/mol. The topological polar surface area (TPSA) is 120 Å². The van der Waals surface area contributed by atoms with E-state index in [-0.39, 0.29) is 11.8 Å². The van der Waals surface area contributed by atoms with E-state index in [9.17, 15) is 9.59 Å². The number of hydrogen-bond donors (Lipinski definition) is 1. The molecule has 1 fully saturated rings. The molecule has 1 aliphatic rings. The fourth-order valence-electron chi connectivity index (χ4n) is 3.57. The highest BCUT2D eigenvalue weighted by molar-refractivity contribution is 7.13. The Hall–Kier alpha value is -4.25. The first-order chi connectivity index (χ1) is 16.9. The molecular weight excluding hydrogens is 470 g/mol. The largest absolute Gasteiger partial charge is 0.480 e. The van der Waals surface area contributed by atoms with Crippen molar-refractivity contribution in [2.45, 2.75) is 19.4 Å². The van der Waals surface area contributed by atoms with Crippen LogP contribution in [0.25, 0.3) is 11.4 Å². The molecule has 4 aromatic rings. The van der Waals surface area contributed by atoms with Gasteiger partial charge in [-0.1, -0.05) is 5.16 Å². The van der Waals surface area contributed by atoms with Gasteiger partial charge in [-0.2, -0.15) is 4.98 Å². The lowest BCUT2D eigenvalue weighted by Crippen LogP contribution is -2.29. The first-order valence-corrected chi connectivity index (χ1v) is 11.7. The Bertz CT molecular complexity index is 1350. The van der Waals surface area contributed by atoms with Crippen molar-refractivity contribution in [3.05, 3.63) is 65.5 Å². The van der Waals surface area contributed by atoms with E-state index in [2.05, 4.69) is 20.4 Å². The number of ether oxygens (including phenoxy) is 2. The van der Waals surface area contributed by atoms with E-state index in [1.165, 1.54) is 11.3 Å². The maximum absolute atomic E-state index is 12.9. The zero-order valence-corrected chi connectivity index (χ0v) is 19.7. The average molecular weight is 492 g/mol. The van der Waals surface area contributed by atoms with Crippen LogP contribution in [0, 0.1) is 6.92 Å². The van der Waals surface area contributed by atoms with Gasteiger partial charge < -0.3 is 18.9 Å². The Labute approximate surface area is 204 Å². The van der Waals surface area contributed by atoms with Gasteiger partial charge in [0, 0.05) is 55.7 Å². The summed E-state index contributed by atoms with van der Waals surface area (Å²) >= 11 is 1.31. The van der Waals surface area contributed by atoms with Crippen LogP contribution in [0.5, 0.6) is 17.2 Å². The van der Waals surface area contributed by atoms with Crippen LogP contribution in [-0.2, 0) is 4.79 Å². The standard InChI is InChI=1S/C24H21N5O5S/c1-14-26-21(28-34-14)15-3-5-17(6-4-15)32-18-11-16(22(30)27-24-25-8-10-35-24)12-19(13-18)33-20-7-9-29(2)23(20)31/h3-6,8,10-13,20H,7,9H2,1-2H3,(H,25,27,30). The first kappa shape index (κ1) is 22.5. The Balaban J connectivity index is 1.40. The number of benzene rings is 2. The molecule has 1 N–H and O–H groups in total. The van der Waals surface area contributed by atoms with Crippen molar-refractivity contribution in [2.24, 2.45) is 0 Å². The van der Waals surface area contributed by atoms with Crippen LogP contribution >= 0.6 is 11.3 Å². The number of nitrogens with one attached hydrogen (secondary N) is 1. The van der Waals surface area contributed by atoms with E-state index in [1.54, 1.807) is 60.8 Å². The summed E-state index contributed by atoms with van der Waals surface area (Å²) < 4.78 is 17.0. The minimum absolute atomic E-state index is 0.0996. The number of likely N-dealkylation sites (tertiary alicyclic amines) is 1. The molecule has 0 saturated carbocycles. The van der Waals surface area contributed by atoms with Crippen LogP contribution in [-0.4, -0.2) is 51.5 Å². The van der Waals surface area contributed by atoms with Gasteiger partial charge in [0.2, 0.25) is 11.7 Å². The number of likely N-dealkylation sites (N-methyl/N-ethyl adjacent to an activating group) is 1. The number of aromatic nitrogens is 3. The number of carbonyl (C=O) groups excluding carboxylic acids is 2. The highest BCUT2D eigenvalue weighted by atomic mass is 32.1. The van der Waals surface area contributed by atoms with E-state index in [0.717, 1.165) is 5.56 Å². The highest BCUT2D eigenvalue weighted by Gasteiger charge is 2.31. The van der Waals surface area contributed by atoms with Gasteiger partial charge in [0.15, 0.2) is 11.2 Å². The van der Waals surface area contributed by atoms with Gasteiger partial charge in [-0.15, -0.1) is 11.3 Å². The molecule has 10 nitrogen and oxygen atoms in total. The summed E-state index contributed by atoms with van der Waals surface area (Å²) in [6, 6.07) is 12.0. The maximum Gasteiger partial charge on any atom is 0.263 e. The molecule has 2 amide bonds. The molecular formula is C24H21N5O5S. The van der Waals surface area contributed by atoms with Crippen molar-refractivity contribution < 1.29 is 23.6 Å². The normalized spacial score (nSPS) is 15.3. The second kappa shape index (κ2) is 9.55. The second-order valence-corrected chi connectivity index (χ2v) is 8.80. The van der Waals surface area contributed by atoms with Crippen molar-refractivity contribution in [1.82, 2.24) is 20.0 Å². The van der Waals surface area contributed by atoms with Crippen LogP contribution in [0.4, 0.5) is 5.13 Å². The Morgan fingerprint density at radius 3 is 2.63 bits per heavy atom. The molecule has 11 heteroatoms. The summed E-state index contributed by atoms with van der Waals surface area (Å²) in [7, 11) is 1.73. The molecule has 1 atom stereocenters. The lowest BCUT2D eigenvalue weighted by molar-refractivity contribution is -0.132.